The van der Waals surface area contributed by atoms with Crippen LogP contribution in [0.3, 0.4) is 0 Å². The summed E-state index contributed by atoms with van der Waals surface area (Å²) in [6.07, 6.45) is 0. The first-order valence-corrected chi connectivity index (χ1v) is 34.1. The third-order valence-electron chi connectivity index (χ3n) is 19.2. The molecule has 0 N–H and O–H groups in total. The maximum atomic E-state index is 4.97. The first kappa shape index (κ1) is 60.7. The molecule has 0 saturated carbocycles. The van der Waals surface area contributed by atoms with Gasteiger partial charge in [-0.15, -0.1) is 0 Å². The lowest BCUT2D eigenvalue weighted by atomic mass is 9.84. The van der Waals surface area contributed by atoms with Crippen LogP contribution in [0.2, 0.25) is 0 Å². The maximum Gasteiger partial charge on any atom is 0.164 e. The SMILES string of the molecule is CC(C)(C)c1ccc2c3ccc(-c4cccc(-c5cccc(-c6nc(-c7ccccc7)nc(-c7ccccc7)n6)c5)c4)cc3c3ccccc3c2c1.c1ccc(-c2nc(-c3ccccc3)nc(-c3ccc(-c4ccc(-c5ccc6c7ccccc7c7ccccc7c6c5)cc4)cc3)n2)cc1. The first-order valence-electron chi connectivity index (χ1n) is 34.1. The quantitative estimate of drug-likeness (QED) is 0.127. The molecule has 6 heteroatoms. The van der Waals surface area contributed by atoms with Crippen molar-refractivity contribution in [3.05, 3.63) is 351 Å². The lowest BCUT2D eigenvalue weighted by molar-refractivity contribution is 0.591. The number of aromatic nitrogens is 6. The minimum atomic E-state index is 0.0835. The molecule has 18 rings (SSSR count). The number of hydrogen-bond acceptors (Lipinski definition) is 6. The van der Waals surface area contributed by atoms with Crippen LogP contribution in [0.5, 0.6) is 0 Å². The summed E-state index contributed by atoms with van der Waals surface area (Å²) in [7, 11) is 0. The molecule has 0 spiro atoms. The van der Waals surface area contributed by atoms with Crippen LogP contribution in [-0.2, 0) is 5.41 Å². The summed E-state index contributed by atoms with van der Waals surface area (Å²) in [5.41, 5.74) is 16.5. The zero-order chi connectivity index (χ0) is 67.1. The van der Waals surface area contributed by atoms with Gasteiger partial charge >= 0.3 is 0 Å². The minimum absolute atomic E-state index is 0.0835. The molecule has 0 saturated heterocycles. The van der Waals surface area contributed by atoms with E-state index < -0.39 is 0 Å². The Balaban J connectivity index is 0.000000150. The molecule has 100 heavy (non-hydrogen) atoms. The molecule has 6 nitrogen and oxygen atoms in total. The fourth-order valence-electron chi connectivity index (χ4n) is 13.9. The fourth-order valence-corrected chi connectivity index (χ4v) is 13.9. The van der Waals surface area contributed by atoms with Crippen LogP contribution in [-0.4, -0.2) is 29.9 Å². The van der Waals surface area contributed by atoms with Crippen LogP contribution in [0.15, 0.2) is 346 Å². The lowest BCUT2D eigenvalue weighted by Gasteiger charge is -2.21. The van der Waals surface area contributed by atoms with Gasteiger partial charge in [0.15, 0.2) is 34.9 Å². The first-order chi connectivity index (χ1) is 49.2. The van der Waals surface area contributed by atoms with Gasteiger partial charge in [0.2, 0.25) is 0 Å². The van der Waals surface area contributed by atoms with Crippen molar-refractivity contribution in [2.45, 2.75) is 26.2 Å². The van der Waals surface area contributed by atoms with E-state index in [1.807, 2.05) is 121 Å². The molecule has 0 atom stereocenters. The molecule has 0 fully saturated rings. The van der Waals surface area contributed by atoms with Crippen molar-refractivity contribution < 1.29 is 0 Å². The average molecular weight is 1280 g/mol. The third kappa shape index (κ3) is 11.9. The van der Waals surface area contributed by atoms with Crippen LogP contribution in [0, 0.1) is 0 Å². The van der Waals surface area contributed by atoms with E-state index in [0.29, 0.717) is 34.9 Å². The van der Waals surface area contributed by atoms with Crippen molar-refractivity contribution in [3.8, 4) is 113 Å². The molecule has 0 aliphatic heterocycles. The molecule has 472 valence electrons. The number of rotatable bonds is 10. The van der Waals surface area contributed by atoms with Gasteiger partial charge in [-0.1, -0.05) is 336 Å². The molecule has 16 aromatic carbocycles. The van der Waals surface area contributed by atoms with E-state index in [4.69, 9.17) is 29.9 Å². The summed E-state index contributed by atoms with van der Waals surface area (Å²) in [5, 5.41) is 15.5. The number of hydrogen-bond donors (Lipinski definition) is 0. The molecule has 0 bridgehead atoms. The van der Waals surface area contributed by atoms with E-state index in [2.05, 4.69) is 245 Å². The molecule has 2 aromatic heterocycles. The molecule has 0 aliphatic carbocycles. The molecule has 2 heterocycles. The highest BCUT2D eigenvalue weighted by atomic mass is 15.0. The summed E-state index contributed by atoms with van der Waals surface area (Å²) in [6.45, 7) is 6.85. The lowest BCUT2D eigenvalue weighted by Crippen LogP contribution is -2.10. The molecule has 0 amide bonds. The third-order valence-corrected chi connectivity index (χ3v) is 19.2. The predicted molar refractivity (Wildman–Crippen MR) is 418 cm³/mol. The fraction of sp³-hybridized carbons (Fsp3) is 0.0426. The number of benzene rings is 16. The molecule has 18 aromatic rings. The minimum Gasteiger partial charge on any atom is -0.208 e. The highest BCUT2D eigenvalue weighted by Gasteiger charge is 2.20. The molecular weight excluding hydrogens is 1210 g/mol. The summed E-state index contributed by atoms with van der Waals surface area (Å²) >= 11 is 0. The smallest absolute Gasteiger partial charge is 0.164 e. The number of fused-ring (bicyclic) bond motifs is 12. The Morgan fingerprint density at radius 2 is 0.360 bits per heavy atom. The second kappa shape index (κ2) is 25.9. The maximum absolute atomic E-state index is 4.97. The van der Waals surface area contributed by atoms with Crippen molar-refractivity contribution in [2.75, 3.05) is 0 Å². The average Bonchev–Trinajstić information content (AvgIpc) is 0.736. The van der Waals surface area contributed by atoms with Gasteiger partial charge in [0.05, 0.1) is 0 Å². The summed E-state index contributed by atoms with van der Waals surface area (Å²) in [5.74, 6) is 3.93. The van der Waals surface area contributed by atoms with Gasteiger partial charge in [-0.25, -0.2) is 29.9 Å². The van der Waals surface area contributed by atoms with Crippen molar-refractivity contribution in [1.29, 1.82) is 0 Å². The van der Waals surface area contributed by atoms with Crippen LogP contribution >= 0.6 is 0 Å². The Morgan fingerprint density at radius 3 is 0.710 bits per heavy atom. The molecule has 0 radical (unpaired) electrons. The van der Waals surface area contributed by atoms with E-state index in [0.717, 1.165) is 55.6 Å². The molecule has 0 unspecified atom stereocenters. The van der Waals surface area contributed by atoms with E-state index in [1.54, 1.807) is 0 Å². The highest BCUT2D eigenvalue weighted by Crippen LogP contribution is 2.42. The van der Waals surface area contributed by atoms with Crippen LogP contribution in [0.4, 0.5) is 0 Å². The highest BCUT2D eigenvalue weighted by molar-refractivity contribution is 6.27. The Kier molecular flexibility index (Phi) is 15.7. The largest absolute Gasteiger partial charge is 0.208 e. The van der Waals surface area contributed by atoms with Gasteiger partial charge in [-0.3, -0.25) is 0 Å². The van der Waals surface area contributed by atoms with Gasteiger partial charge in [0, 0.05) is 33.4 Å². The second-order valence-electron chi connectivity index (χ2n) is 26.6. The Labute approximate surface area is 581 Å². The van der Waals surface area contributed by atoms with Crippen molar-refractivity contribution in [3.63, 3.8) is 0 Å². The Morgan fingerprint density at radius 1 is 0.150 bits per heavy atom. The van der Waals surface area contributed by atoms with Crippen LogP contribution in [0.25, 0.3) is 177 Å². The van der Waals surface area contributed by atoms with Crippen LogP contribution in [0.1, 0.15) is 26.3 Å². The van der Waals surface area contributed by atoms with E-state index in [-0.39, 0.29) is 5.41 Å². The van der Waals surface area contributed by atoms with Gasteiger partial charge in [-0.05, 0) is 150 Å². The van der Waals surface area contributed by atoms with Gasteiger partial charge < -0.3 is 0 Å². The van der Waals surface area contributed by atoms with E-state index in [9.17, 15) is 0 Å². The van der Waals surface area contributed by atoms with Crippen molar-refractivity contribution in [1.82, 2.24) is 29.9 Å². The van der Waals surface area contributed by atoms with Gasteiger partial charge in [0.1, 0.15) is 0 Å². The van der Waals surface area contributed by atoms with E-state index in [1.165, 1.54) is 92.5 Å². The zero-order valence-electron chi connectivity index (χ0n) is 55.6. The van der Waals surface area contributed by atoms with Crippen molar-refractivity contribution in [2.24, 2.45) is 0 Å². The number of nitrogens with zero attached hydrogens (tertiary/aromatic N) is 6. The van der Waals surface area contributed by atoms with Crippen molar-refractivity contribution >= 4 is 64.6 Å². The summed E-state index contributed by atoms with van der Waals surface area (Å²) < 4.78 is 0. The molecular formula is C94H66N6. The standard InChI is InChI=1S/C49H37N3.C45H29N3/c1-49(2,3)39-25-27-43-42-26-24-37(30-44(42)40-22-10-11-23-41(40)45(43)31-39)35-19-12-18-34(28-35)36-20-13-21-38(29-36)48-51-46(32-14-6-4-7-15-32)50-47(52-48)33-16-8-5-9-17-33;1-3-11-33(12-4-1)43-46-44(34-13-5-2-6-14-34)48-45(47-43)35-25-23-31(24-26-35)30-19-21-32(22-20-30)36-27-28-41-39-17-8-7-15-37(39)38-16-9-10-18-40(38)42(41)29-36/h4-31H,1-3H3;1-29H. The normalized spacial score (nSPS) is 11.6. The second-order valence-corrected chi connectivity index (χ2v) is 26.6. The monoisotopic (exact) mass is 1280 g/mol. The molecule has 0 aliphatic rings. The zero-order valence-corrected chi connectivity index (χ0v) is 55.6. The van der Waals surface area contributed by atoms with Gasteiger partial charge in [0.25, 0.3) is 0 Å². The Bertz CT molecular complexity index is 5920. The van der Waals surface area contributed by atoms with Gasteiger partial charge in [-0.2, -0.15) is 0 Å². The van der Waals surface area contributed by atoms with Crippen LogP contribution < -0.4 is 0 Å². The summed E-state index contributed by atoms with van der Waals surface area (Å²) in [6, 6.07) is 122. The predicted octanol–water partition coefficient (Wildman–Crippen LogP) is 24.6. The summed E-state index contributed by atoms with van der Waals surface area (Å²) in [4.78, 5) is 29.4. The Hall–Kier alpha value is -12.9. The van der Waals surface area contributed by atoms with E-state index >= 15 is 0 Å². The topological polar surface area (TPSA) is 77.3 Å².